The number of benzene rings is 1. The van der Waals surface area contributed by atoms with E-state index < -0.39 is 5.83 Å². The van der Waals surface area contributed by atoms with Crippen LogP contribution in [0.1, 0.15) is 128 Å². The number of allylic oxidation sites excluding steroid dienone is 10. The summed E-state index contributed by atoms with van der Waals surface area (Å²) in [7, 11) is 0. The van der Waals surface area contributed by atoms with Gasteiger partial charge in [-0.3, -0.25) is 0 Å². The first-order valence-corrected chi connectivity index (χ1v) is 16.6. The van der Waals surface area contributed by atoms with E-state index in [9.17, 15) is 4.39 Å². The molecule has 1 atom stereocenters. The van der Waals surface area contributed by atoms with Gasteiger partial charge in [-0.05, 0) is 110 Å². The van der Waals surface area contributed by atoms with Crippen LogP contribution in [0.25, 0.3) is 5.57 Å². The molecule has 0 amide bonds. The van der Waals surface area contributed by atoms with Crippen molar-refractivity contribution in [2.45, 2.75) is 126 Å². The highest BCUT2D eigenvalue weighted by atomic mass is 19.1. The maximum absolute atomic E-state index is 13.0. The van der Waals surface area contributed by atoms with Crippen molar-refractivity contribution in [1.29, 1.82) is 0 Å². The van der Waals surface area contributed by atoms with Crippen LogP contribution >= 0.6 is 0 Å². The van der Waals surface area contributed by atoms with E-state index in [2.05, 4.69) is 106 Å². The van der Waals surface area contributed by atoms with Gasteiger partial charge in [0.25, 0.3) is 0 Å². The van der Waals surface area contributed by atoms with Crippen molar-refractivity contribution in [2.75, 3.05) is 0 Å². The molecule has 0 aliphatic rings. The van der Waals surface area contributed by atoms with Gasteiger partial charge in [0.2, 0.25) is 0 Å². The highest BCUT2D eigenvalue weighted by Crippen LogP contribution is 2.27. The van der Waals surface area contributed by atoms with Crippen LogP contribution in [0, 0.1) is 12.8 Å². The SMILES string of the molecule is C=C/C(=C\C(=C)F)CCCc1cc(/C(C=C)=C/CC)c(C)cc1CC.C=CC(CCCC)C(=C)CCC(=C)CC.CCC. The Morgan fingerprint density at radius 2 is 1.51 bits per heavy atom. The summed E-state index contributed by atoms with van der Waals surface area (Å²) in [6.45, 7) is 38.2. The normalized spacial score (nSPS) is 11.7. The molecule has 1 aromatic carbocycles. The zero-order valence-corrected chi connectivity index (χ0v) is 29.2. The predicted molar refractivity (Wildman–Crippen MR) is 197 cm³/mol. The minimum atomic E-state index is -0.415. The van der Waals surface area contributed by atoms with E-state index >= 15 is 0 Å². The lowest BCUT2D eigenvalue weighted by atomic mass is 9.90. The molecule has 0 fully saturated rings. The molecule has 0 bridgehead atoms. The summed E-state index contributed by atoms with van der Waals surface area (Å²) in [5.74, 6) is 0.0942. The molecule has 1 unspecified atom stereocenters. The van der Waals surface area contributed by atoms with Crippen LogP contribution in [0.4, 0.5) is 4.39 Å². The lowest BCUT2D eigenvalue weighted by Crippen LogP contribution is -2.00. The molecule has 0 spiro atoms. The van der Waals surface area contributed by atoms with Crippen LogP contribution in [0.3, 0.4) is 0 Å². The monoisotopic (exact) mass is 589 g/mol. The quantitative estimate of drug-likeness (QED) is 0.111. The molecule has 240 valence electrons. The van der Waals surface area contributed by atoms with Crippen LogP contribution < -0.4 is 0 Å². The summed E-state index contributed by atoms with van der Waals surface area (Å²) < 4.78 is 13.0. The van der Waals surface area contributed by atoms with Crippen molar-refractivity contribution in [3.8, 4) is 0 Å². The molecule has 0 aliphatic carbocycles. The van der Waals surface area contributed by atoms with Crippen LogP contribution in [-0.4, -0.2) is 0 Å². The van der Waals surface area contributed by atoms with Crippen LogP contribution in [-0.2, 0) is 12.8 Å². The first kappa shape index (κ1) is 42.2. The van der Waals surface area contributed by atoms with Crippen molar-refractivity contribution >= 4 is 5.57 Å². The molecular weight excluding hydrogens is 523 g/mol. The molecule has 0 heterocycles. The molecule has 0 saturated heterocycles. The third-order valence-corrected chi connectivity index (χ3v) is 7.38. The van der Waals surface area contributed by atoms with E-state index in [0.717, 1.165) is 56.9 Å². The standard InChI is InChI=1S/C24H31F.C15H26.C3H8/c1-7-12-21(9-3)24-17-23(22(10-4)15-18(24)5)14-11-13-20(8-2)16-19(6)25;1-6-9-10-15(8-3)14(5)12-11-13(4)7-2;1-3-2/h8-9,12,15-17H,2-3,6-7,10-11,13-14H2,1,4-5H3;8,15H,3-7,9-12H2,1-2H3;3H2,1-2H3/b20-16+,21-12+;;. The van der Waals surface area contributed by atoms with E-state index in [4.69, 9.17) is 0 Å². The fraction of sp³-hybridized carbons (Fsp3) is 0.476. The molecule has 1 aromatic rings. The zero-order chi connectivity index (χ0) is 33.2. The van der Waals surface area contributed by atoms with Crippen LogP contribution in [0.15, 0.2) is 105 Å². The Kier molecular flexibility index (Phi) is 26.2. The lowest BCUT2D eigenvalue weighted by molar-refractivity contribution is 0.599. The molecule has 0 aromatic heterocycles. The first-order valence-electron chi connectivity index (χ1n) is 16.6. The number of unbranched alkanes of at least 4 members (excludes halogenated alkanes) is 1. The summed E-state index contributed by atoms with van der Waals surface area (Å²) in [5.41, 5.74) is 10.1. The van der Waals surface area contributed by atoms with Gasteiger partial charge in [-0.25, -0.2) is 4.39 Å². The van der Waals surface area contributed by atoms with Gasteiger partial charge in [0.1, 0.15) is 5.83 Å². The second-order valence-electron chi connectivity index (χ2n) is 11.2. The summed E-state index contributed by atoms with van der Waals surface area (Å²) in [5, 5.41) is 0. The molecule has 43 heavy (non-hydrogen) atoms. The Bertz CT molecular complexity index is 1060. The lowest BCUT2D eigenvalue weighted by Gasteiger charge is -2.15. The Labute approximate surface area is 267 Å². The van der Waals surface area contributed by atoms with E-state index in [0.29, 0.717) is 5.92 Å². The molecule has 0 saturated carbocycles. The fourth-order valence-corrected chi connectivity index (χ4v) is 4.74. The number of hydrogen-bond donors (Lipinski definition) is 0. The smallest absolute Gasteiger partial charge is 0.116 e. The van der Waals surface area contributed by atoms with Gasteiger partial charge in [-0.2, -0.15) is 0 Å². The van der Waals surface area contributed by atoms with Gasteiger partial charge in [0.05, 0.1) is 0 Å². The summed E-state index contributed by atoms with van der Waals surface area (Å²) >= 11 is 0. The van der Waals surface area contributed by atoms with Crippen molar-refractivity contribution in [3.63, 3.8) is 0 Å². The minimum Gasteiger partial charge on any atom is -0.208 e. The summed E-state index contributed by atoms with van der Waals surface area (Å²) in [6.07, 6.45) is 22.3. The third-order valence-electron chi connectivity index (χ3n) is 7.38. The number of halogens is 1. The molecule has 0 nitrogen and oxygen atoms in total. The Morgan fingerprint density at radius 3 is 1.98 bits per heavy atom. The molecule has 0 aliphatic heterocycles. The van der Waals surface area contributed by atoms with E-state index in [1.165, 1.54) is 70.7 Å². The Morgan fingerprint density at radius 1 is 0.860 bits per heavy atom. The van der Waals surface area contributed by atoms with Gasteiger partial charge in [0.15, 0.2) is 0 Å². The van der Waals surface area contributed by atoms with Crippen molar-refractivity contribution in [1.82, 2.24) is 0 Å². The van der Waals surface area contributed by atoms with E-state index in [1.54, 1.807) is 6.08 Å². The third kappa shape index (κ3) is 19.1. The minimum absolute atomic E-state index is 0.415. The second kappa shape index (κ2) is 26.7. The Hall–Kier alpha value is -2.93. The average Bonchev–Trinajstić information content (AvgIpc) is 2.99. The first-order chi connectivity index (χ1) is 20.5. The summed E-state index contributed by atoms with van der Waals surface area (Å²) in [4.78, 5) is 0. The zero-order valence-electron chi connectivity index (χ0n) is 29.2. The Balaban J connectivity index is 0. The molecular formula is C42H65F. The second-order valence-corrected chi connectivity index (χ2v) is 11.2. The van der Waals surface area contributed by atoms with Crippen LogP contribution in [0.2, 0.25) is 0 Å². The number of rotatable bonds is 19. The fourth-order valence-electron chi connectivity index (χ4n) is 4.74. The average molecular weight is 589 g/mol. The van der Waals surface area contributed by atoms with Gasteiger partial charge in [0, 0.05) is 0 Å². The molecule has 0 N–H and O–H groups in total. The molecule has 0 radical (unpaired) electrons. The van der Waals surface area contributed by atoms with Gasteiger partial charge < -0.3 is 0 Å². The van der Waals surface area contributed by atoms with Crippen molar-refractivity contribution in [3.05, 3.63) is 127 Å². The topological polar surface area (TPSA) is 0 Å². The molecule has 1 rings (SSSR count). The largest absolute Gasteiger partial charge is 0.208 e. The van der Waals surface area contributed by atoms with E-state index in [-0.39, 0.29) is 0 Å². The van der Waals surface area contributed by atoms with E-state index in [1.807, 2.05) is 12.2 Å². The molecule has 1 heteroatoms. The number of hydrogen-bond acceptors (Lipinski definition) is 0. The predicted octanol–water partition coefficient (Wildman–Crippen LogP) is 14.2. The van der Waals surface area contributed by atoms with Gasteiger partial charge in [-0.1, -0.05) is 141 Å². The highest BCUT2D eigenvalue weighted by molar-refractivity contribution is 5.76. The van der Waals surface area contributed by atoms with Crippen LogP contribution in [0.5, 0.6) is 0 Å². The van der Waals surface area contributed by atoms with Crippen molar-refractivity contribution in [2.24, 2.45) is 5.92 Å². The highest BCUT2D eigenvalue weighted by Gasteiger charge is 2.10. The van der Waals surface area contributed by atoms with Gasteiger partial charge >= 0.3 is 0 Å². The van der Waals surface area contributed by atoms with Crippen molar-refractivity contribution < 1.29 is 4.39 Å². The van der Waals surface area contributed by atoms with Gasteiger partial charge in [-0.15, -0.1) is 6.58 Å². The summed E-state index contributed by atoms with van der Waals surface area (Å²) in [6, 6.07) is 4.61. The maximum Gasteiger partial charge on any atom is 0.116 e. The maximum atomic E-state index is 13.0. The number of aryl methyl sites for hydroxylation is 3.